The summed E-state index contributed by atoms with van der Waals surface area (Å²) in [4.78, 5) is 18.8. The molecule has 3 aromatic rings. The minimum absolute atomic E-state index is 0.0227. The summed E-state index contributed by atoms with van der Waals surface area (Å²) in [5, 5.41) is 5.67. The third kappa shape index (κ3) is 6.05. The summed E-state index contributed by atoms with van der Waals surface area (Å²) in [6.45, 7) is 7.60. The number of carbonyl (C=O) groups is 1. The van der Waals surface area contributed by atoms with Crippen LogP contribution in [-0.4, -0.2) is 37.4 Å². The molecule has 10 heteroatoms. The maximum Gasteiger partial charge on any atom is 0.279 e. The molecule has 0 unspecified atom stereocenters. The number of primary sulfonamides is 1. The topological polar surface area (TPSA) is 104 Å². The molecule has 1 amide bonds. The molecule has 0 radical (unpaired) electrons. The predicted molar refractivity (Wildman–Crippen MR) is 125 cm³/mol. The zero-order valence-electron chi connectivity index (χ0n) is 17.6. The van der Waals surface area contributed by atoms with Crippen molar-refractivity contribution in [2.45, 2.75) is 42.4 Å². The summed E-state index contributed by atoms with van der Waals surface area (Å²) in [7, 11) is -3.83. The number of fused-ring (bicyclic) bond motifs is 1. The molecule has 2 N–H and O–H groups in total. The zero-order chi connectivity index (χ0) is 22.6. The summed E-state index contributed by atoms with van der Waals surface area (Å²) in [6.07, 6.45) is 0. The molecular formula is C21H25N3O4S3. The highest BCUT2D eigenvalue weighted by Crippen LogP contribution is 2.24. The number of nitrogens with zero attached hydrogens (tertiary/aromatic N) is 2. The summed E-state index contributed by atoms with van der Waals surface area (Å²) in [6, 6.07) is 12.1. The molecule has 0 aliphatic rings. The van der Waals surface area contributed by atoms with E-state index in [2.05, 4.69) is 18.8 Å². The van der Waals surface area contributed by atoms with Gasteiger partial charge >= 0.3 is 0 Å². The predicted octanol–water partition coefficient (Wildman–Crippen LogP) is 3.63. The molecule has 7 nitrogen and oxygen atoms in total. The van der Waals surface area contributed by atoms with Crippen LogP contribution in [0, 0.1) is 0 Å². The van der Waals surface area contributed by atoms with E-state index in [4.69, 9.17) is 9.88 Å². The van der Waals surface area contributed by atoms with E-state index in [1.54, 1.807) is 23.9 Å². The van der Waals surface area contributed by atoms with Gasteiger partial charge < -0.3 is 9.30 Å². The fourth-order valence-electron chi connectivity index (χ4n) is 2.96. The molecule has 0 saturated carbocycles. The number of carbonyl (C=O) groups excluding carboxylic acids is 1. The molecule has 0 aliphatic carbocycles. The first-order valence-corrected chi connectivity index (χ1v) is 13.0. The lowest BCUT2D eigenvalue weighted by Crippen LogP contribution is -2.19. The standard InChI is InChI=1S/C21H25N3O4S3/c1-4-28-11-10-24-18-9-8-17(31(22,26)27)13-19(18)30-21(24)23-20(25)15-6-5-7-16(12-15)29-14(2)3/h5-9,12-14H,4,10-11H2,1-3H3,(H2,22,26,27). The second kappa shape index (κ2) is 10.1. The van der Waals surface area contributed by atoms with Crippen molar-refractivity contribution in [2.75, 3.05) is 13.2 Å². The summed E-state index contributed by atoms with van der Waals surface area (Å²) >= 11 is 2.92. The molecule has 2 aromatic carbocycles. The highest BCUT2D eigenvalue weighted by atomic mass is 32.2. The first kappa shape index (κ1) is 23.7. The van der Waals surface area contributed by atoms with Crippen molar-refractivity contribution in [1.29, 1.82) is 0 Å². The first-order valence-electron chi connectivity index (χ1n) is 9.78. The van der Waals surface area contributed by atoms with Gasteiger partial charge in [0.05, 0.1) is 21.7 Å². The van der Waals surface area contributed by atoms with E-state index in [-0.39, 0.29) is 10.8 Å². The molecule has 1 aromatic heterocycles. The van der Waals surface area contributed by atoms with Gasteiger partial charge in [-0.25, -0.2) is 13.6 Å². The molecule has 0 saturated heterocycles. The summed E-state index contributed by atoms with van der Waals surface area (Å²) in [5.74, 6) is -0.352. The van der Waals surface area contributed by atoms with Crippen LogP contribution < -0.4 is 9.94 Å². The zero-order valence-corrected chi connectivity index (χ0v) is 20.0. The monoisotopic (exact) mass is 479 g/mol. The Bertz CT molecular complexity index is 1260. The fraction of sp³-hybridized carbons (Fsp3) is 0.333. The maximum absolute atomic E-state index is 12.9. The molecular weight excluding hydrogens is 454 g/mol. The fourth-order valence-corrected chi connectivity index (χ4v) is 5.56. The van der Waals surface area contributed by atoms with Gasteiger partial charge in [0.1, 0.15) is 0 Å². The number of sulfonamides is 1. The maximum atomic E-state index is 12.9. The summed E-state index contributed by atoms with van der Waals surface area (Å²) in [5.41, 5.74) is 1.28. The first-order chi connectivity index (χ1) is 14.7. The number of thiazole rings is 1. The quantitative estimate of drug-likeness (QED) is 0.392. The van der Waals surface area contributed by atoms with E-state index in [0.29, 0.717) is 40.1 Å². The van der Waals surface area contributed by atoms with Crippen molar-refractivity contribution in [3.63, 3.8) is 0 Å². The molecule has 166 valence electrons. The third-order valence-electron chi connectivity index (χ3n) is 4.30. The number of thioether (sulfide) groups is 1. The van der Waals surface area contributed by atoms with Crippen molar-refractivity contribution < 1.29 is 17.9 Å². The SMILES string of the molecule is CCOCCn1c(=NC(=O)c2cccc(SC(C)C)c2)sc2cc(S(N)(=O)=O)ccc21. The lowest BCUT2D eigenvalue weighted by molar-refractivity contribution is 0.0996. The number of aromatic nitrogens is 1. The molecule has 1 heterocycles. The van der Waals surface area contributed by atoms with Crippen LogP contribution in [0.25, 0.3) is 10.2 Å². The van der Waals surface area contributed by atoms with Crippen LogP contribution in [0.15, 0.2) is 57.2 Å². The van der Waals surface area contributed by atoms with Crippen LogP contribution in [0.5, 0.6) is 0 Å². The van der Waals surface area contributed by atoms with E-state index in [1.165, 1.54) is 23.5 Å². The average molecular weight is 480 g/mol. The number of ether oxygens (including phenoxy) is 1. The Morgan fingerprint density at radius 2 is 2.03 bits per heavy atom. The molecule has 0 aliphatic heterocycles. The molecule has 0 bridgehead atoms. The second-order valence-corrected chi connectivity index (χ2v) is 11.2. The van der Waals surface area contributed by atoms with Crippen molar-refractivity contribution >= 4 is 49.2 Å². The minimum Gasteiger partial charge on any atom is -0.380 e. The molecule has 0 spiro atoms. The van der Waals surface area contributed by atoms with Gasteiger partial charge in [-0.1, -0.05) is 31.3 Å². The van der Waals surface area contributed by atoms with Crippen LogP contribution >= 0.6 is 23.1 Å². The Morgan fingerprint density at radius 3 is 2.71 bits per heavy atom. The van der Waals surface area contributed by atoms with E-state index < -0.39 is 10.0 Å². The Hall–Kier alpha value is -1.98. The Morgan fingerprint density at radius 1 is 1.26 bits per heavy atom. The van der Waals surface area contributed by atoms with Gasteiger partial charge in [-0.3, -0.25) is 4.79 Å². The highest BCUT2D eigenvalue weighted by molar-refractivity contribution is 7.99. The van der Waals surface area contributed by atoms with Crippen molar-refractivity contribution in [3.05, 3.63) is 52.8 Å². The van der Waals surface area contributed by atoms with Gasteiger partial charge in [-0.2, -0.15) is 4.99 Å². The number of nitrogens with two attached hydrogens (primary N) is 1. The van der Waals surface area contributed by atoms with Gasteiger partial charge in [0.2, 0.25) is 10.0 Å². The Kier molecular flexibility index (Phi) is 7.71. The van der Waals surface area contributed by atoms with Crippen LogP contribution in [0.2, 0.25) is 0 Å². The van der Waals surface area contributed by atoms with Crippen molar-refractivity contribution in [1.82, 2.24) is 4.57 Å². The minimum atomic E-state index is -3.83. The lowest BCUT2D eigenvalue weighted by Gasteiger charge is -2.07. The van der Waals surface area contributed by atoms with Crippen molar-refractivity contribution in [3.8, 4) is 0 Å². The Labute approximate surface area is 190 Å². The third-order valence-corrected chi connectivity index (χ3v) is 7.25. The Balaban J connectivity index is 2.07. The van der Waals surface area contributed by atoms with E-state index >= 15 is 0 Å². The van der Waals surface area contributed by atoms with Gasteiger partial charge in [0.15, 0.2) is 4.80 Å². The largest absolute Gasteiger partial charge is 0.380 e. The van der Waals surface area contributed by atoms with Crippen LogP contribution in [0.1, 0.15) is 31.1 Å². The average Bonchev–Trinajstić information content (AvgIpc) is 3.03. The smallest absolute Gasteiger partial charge is 0.279 e. The number of benzene rings is 2. The normalized spacial score (nSPS) is 12.7. The lowest BCUT2D eigenvalue weighted by atomic mass is 10.2. The van der Waals surface area contributed by atoms with Crippen LogP contribution in [-0.2, 0) is 21.3 Å². The van der Waals surface area contributed by atoms with Gasteiger partial charge in [0, 0.05) is 28.9 Å². The van der Waals surface area contributed by atoms with E-state index in [0.717, 1.165) is 10.4 Å². The van der Waals surface area contributed by atoms with E-state index in [9.17, 15) is 13.2 Å². The van der Waals surface area contributed by atoms with Crippen LogP contribution in [0.3, 0.4) is 0 Å². The van der Waals surface area contributed by atoms with Crippen molar-refractivity contribution in [2.24, 2.45) is 10.1 Å². The van der Waals surface area contributed by atoms with Gasteiger partial charge in [-0.15, -0.1) is 11.8 Å². The molecule has 0 fully saturated rings. The second-order valence-electron chi connectivity index (χ2n) is 7.02. The molecule has 31 heavy (non-hydrogen) atoms. The molecule has 0 atom stereocenters. The van der Waals surface area contributed by atoms with Gasteiger partial charge in [-0.05, 0) is 43.3 Å². The van der Waals surface area contributed by atoms with Gasteiger partial charge in [0.25, 0.3) is 5.91 Å². The van der Waals surface area contributed by atoms with E-state index in [1.807, 2.05) is 29.7 Å². The van der Waals surface area contributed by atoms with Crippen LogP contribution in [0.4, 0.5) is 0 Å². The summed E-state index contributed by atoms with van der Waals surface area (Å²) < 4.78 is 31.5. The number of hydrogen-bond donors (Lipinski definition) is 1. The number of hydrogen-bond acceptors (Lipinski definition) is 6. The number of rotatable bonds is 8. The number of amides is 1. The highest BCUT2D eigenvalue weighted by Gasteiger charge is 2.14. The molecule has 3 rings (SSSR count).